The fourth-order valence-electron chi connectivity index (χ4n) is 3.55. The van der Waals surface area contributed by atoms with E-state index in [9.17, 15) is 36.2 Å². The lowest BCUT2D eigenvalue weighted by molar-refractivity contribution is -0.207. The summed E-state index contributed by atoms with van der Waals surface area (Å²) >= 11 is 5.86. The summed E-state index contributed by atoms with van der Waals surface area (Å²) in [5.74, 6) is -0.156. The SMILES string of the molecule is O=c1n(Cc2cn(Cc3ccccc3C(F)(F)F)nn2)nc(-c2ccc(Cl)cc2)n1CC(O)C(F)(F)F. The third-order valence-electron chi connectivity index (χ3n) is 5.31. The quantitative estimate of drug-likeness (QED) is 0.354. The van der Waals surface area contributed by atoms with Gasteiger partial charge in [-0.2, -0.15) is 26.3 Å². The van der Waals surface area contributed by atoms with E-state index in [1.165, 1.54) is 48.7 Å². The highest BCUT2D eigenvalue weighted by atomic mass is 35.5. The maximum absolute atomic E-state index is 13.3. The monoisotopic (exact) mass is 546 g/mol. The van der Waals surface area contributed by atoms with Crippen LogP contribution in [0.4, 0.5) is 26.3 Å². The Bertz CT molecular complexity index is 1440. The summed E-state index contributed by atoms with van der Waals surface area (Å²) in [7, 11) is 0. The minimum absolute atomic E-state index is 0.0564. The Labute approximate surface area is 209 Å². The molecule has 0 aliphatic rings. The highest BCUT2D eigenvalue weighted by molar-refractivity contribution is 6.30. The Morgan fingerprint density at radius 2 is 1.65 bits per heavy atom. The van der Waals surface area contributed by atoms with Crippen LogP contribution in [0.1, 0.15) is 16.8 Å². The van der Waals surface area contributed by atoms with E-state index in [0.29, 0.717) is 9.59 Å². The molecule has 2 heterocycles. The van der Waals surface area contributed by atoms with Gasteiger partial charge in [0.2, 0.25) is 0 Å². The number of halogens is 7. The largest absolute Gasteiger partial charge is 0.416 e. The molecule has 1 unspecified atom stereocenters. The number of rotatable bonds is 7. The number of aliphatic hydroxyl groups excluding tert-OH is 1. The molecule has 0 fully saturated rings. The maximum atomic E-state index is 13.3. The van der Waals surface area contributed by atoms with Crippen molar-refractivity contribution >= 4 is 11.6 Å². The molecule has 0 saturated heterocycles. The van der Waals surface area contributed by atoms with Crippen molar-refractivity contribution in [1.29, 1.82) is 0 Å². The molecule has 0 bridgehead atoms. The second-order valence-electron chi connectivity index (χ2n) is 8.00. The molecule has 2 aromatic carbocycles. The summed E-state index contributed by atoms with van der Waals surface area (Å²) < 4.78 is 81.4. The number of hydrogen-bond donors (Lipinski definition) is 1. The van der Waals surface area contributed by atoms with Crippen molar-refractivity contribution in [2.24, 2.45) is 0 Å². The van der Waals surface area contributed by atoms with E-state index in [0.717, 1.165) is 15.4 Å². The zero-order valence-electron chi connectivity index (χ0n) is 18.6. The van der Waals surface area contributed by atoms with Crippen LogP contribution in [0.15, 0.2) is 59.5 Å². The number of aromatic nitrogens is 6. The molecule has 0 amide bonds. The van der Waals surface area contributed by atoms with Gasteiger partial charge in [-0.15, -0.1) is 10.2 Å². The van der Waals surface area contributed by atoms with Crippen molar-refractivity contribution < 1.29 is 31.4 Å². The Hall–Kier alpha value is -3.65. The first-order valence-electron chi connectivity index (χ1n) is 10.6. The molecule has 4 aromatic rings. The molecule has 1 N–H and O–H groups in total. The molecular formula is C22H17ClF6N6O2. The lowest BCUT2D eigenvalue weighted by atomic mass is 10.1. The van der Waals surface area contributed by atoms with E-state index in [-0.39, 0.29) is 35.7 Å². The first-order valence-corrected chi connectivity index (χ1v) is 10.9. The molecule has 8 nitrogen and oxygen atoms in total. The minimum atomic E-state index is -4.98. The van der Waals surface area contributed by atoms with E-state index < -0.39 is 36.3 Å². The molecular weight excluding hydrogens is 530 g/mol. The first-order chi connectivity index (χ1) is 17.3. The Kier molecular flexibility index (Phi) is 7.15. The molecule has 0 saturated carbocycles. The van der Waals surface area contributed by atoms with E-state index in [2.05, 4.69) is 15.4 Å². The molecule has 1 atom stereocenters. The summed E-state index contributed by atoms with van der Waals surface area (Å²) in [6.07, 6.45) is -11.1. The van der Waals surface area contributed by atoms with Gasteiger partial charge in [-0.1, -0.05) is 35.0 Å². The zero-order valence-corrected chi connectivity index (χ0v) is 19.3. The highest BCUT2D eigenvalue weighted by Gasteiger charge is 2.39. The van der Waals surface area contributed by atoms with Gasteiger partial charge in [0.25, 0.3) is 0 Å². The van der Waals surface area contributed by atoms with E-state index >= 15 is 0 Å². The fourth-order valence-corrected chi connectivity index (χ4v) is 3.67. The van der Waals surface area contributed by atoms with Gasteiger partial charge in [-0.05, 0) is 35.9 Å². The number of alkyl halides is 6. The molecule has 15 heteroatoms. The number of benzene rings is 2. The van der Waals surface area contributed by atoms with Crippen LogP contribution in [0.5, 0.6) is 0 Å². The van der Waals surface area contributed by atoms with E-state index in [1.54, 1.807) is 0 Å². The van der Waals surface area contributed by atoms with Gasteiger partial charge in [-0.3, -0.25) is 4.57 Å². The fraction of sp³-hybridized carbons (Fsp3) is 0.273. The highest BCUT2D eigenvalue weighted by Crippen LogP contribution is 2.32. The minimum Gasteiger partial charge on any atom is -0.382 e. The van der Waals surface area contributed by atoms with Gasteiger partial charge in [0, 0.05) is 10.6 Å². The summed E-state index contributed by atoms with van der Waals surface area (Å²) in [5.41, 5.74) is -1.47. The summed E-state index contributed by atoms with van der Waals surface area (Å²) in [6, 6.07) is 10.7. The van der Waals surface area contributed by atoms with Crippen molar-refractivity contribution in [1.82, 2.24) is 29.3 Å². The average molecular weight is 547 g/mol. The van der Waals surface area contributed by atoms with Crippen LogP contribution in [0.25, 0.3) is 11.4 Å². The predicted molar refractivity (Wildman–Crippen MR) is 119 cm³/mol. The van der Waals surface area contributed by atoms with Crippen molar-refractivity contribution in [3.05, 3.63) is 87.1 Å². The van der Waals surface area contributed by atoms with Gasteiger partial charge in [-0.25, -0.2) is 14.2 Å². The predicted octanol–water partition coefficient (Wildman–Crippen LogP) is 4.00. The van der Waals surface area contributed by atoms with Crippen LogP contribution < -0.4 is 5.69 Å². The third kappa shape index (κ3) is 6.02. The Balaban J connectivity index is 1.63. The number of aliphatic hydroxyl groups is 1. The third-order valence-corrected chi connectivity index (χ3v) is 5.56. The van der Waals surface area contributed by atoms with Crippen LogP contribution in [0.3, 0.4) is 0 Å². The molecule has 37 heavy (non-hydrogen) atoms. The smallest absolute Gasteiger partial charge is 0.382 e. The number of nitrogens with zero attached hydrogens (tertiary/aromatic N) is 6. The zero-order chi connectivity index (χ0) is 27.0. The second kappa shape index (κ2) is 10.0. The summed E-state index contributed by atoms with van der Waals surface area (Å²) in [6.45, 7) is -1.71. The van der Waals surface area contributed by atoms with Crippen LogP contribution in [0, 0.1) is 0 Å². The first kappa shape index (κ1) is 26.4. The second-order valence-corrected chi connectivity index (χ2v) is 8.44. The molecule has 2 aromatic heterocycles. The van der Waals surface area contributed by atoms with Gasteiger partial charge in [0.1, 0.15) is 5.69 Å². The van der Waals surface area contributed by atoms with Gasteiger partial charge in [0.05, 0.1) is 31.4 Å². The lowest BCUT2D eigenvalue weighted by Gasteiger charge is -2.15. The van der Waals surface area contributed by atoms with E-state index in [4.69, 9.17) is 11.6 Å². The van der Waals surface area contributed by atoms with Crippen LogP contribution >= 0.6 is 11.6 Å². The van der Waals surface area contributed by atoms with Gasteiger partial charge >= 0.3 is 18.0 Å². The van der Waals surface area contributed by atoms with Crippen molar-refractivity contribution in [2.75, 3.05) is 0 Å². The topological polar surface area (TPSA) is 90.8 Å². The van der Waals surface area contributed by atoms with E-state index in [1.807, 2.05) is 0 Å². The van der Waals surface area contributed by atoms with Gasteiger partial charge < -0.3 is 5.11 Å². The van der Waals surface area contributed by atoms with Crippen molar-refractivity contribution in [3.63, 3.8) is 0 Å². The molecule has 196 valence electrons. The van der Waals surface area contributed by atoms with Gasteiger partial charge in [0.15, 0.2) is 11.9 Å². The summed E-state index contributed by atoms with van der Waals surface area (Å²) in [5, 5.41) is 21.6. The Morgan fingerprint density at radius 1 is 0.973 bits per heavy atom. The van der Waals surface area contributed by atoms with Crippen LogP contribution in [0.2, 0.25) is 5.02 Å². The lowest BCUT2D eigenvalue weighted by Crippen LogP contribution is -2.37. The standard InChI is InChI=1S/C22H17ClF6N6O2/c23-15-7-5-13(6-8-15)19-31-35(20(37)34(19)12-18(36)22(27,28)29)11-16-10-33(32-30-16)9-14-3-1-2-4-17(14)21(24,25)26/h1-8,10,18,36H,9,11-12H2. The average Bonchev–Trinajstić information content (AvgIpc) is 3.38. The number of hydrogen-bond acceptors (Lipinski definition) is 5. The molecule has 0 aliphatic heterocycles. The van der Waals surface area contributed by atoms with Crippen molar-refractivity contribution in [2.45, 2.75) is 38.1 Å². The summed E-state index contributed by atoms with van der Waals surface area (Å²) in [4.78, 5) is 12.9. The molecule has 0 aliphatic carbocycles. The molecule has 0 spiro atoms. The molecule has 4 rings (SSSR count). The van der Waals surface area contributed by atoms with Crippen LogP contribution in [-0.4, -0.2) is 46.7 Å². The van der Waals surface area contributed by atoms with Crippen LogP contribution in [-0.2, 0) is 25.8 Å². The molecule has 0 radical (unpaired) electrons. The maximum Gasteiger partial charge on any atom is 0.416 e. The Morgan fingerprint density at radius 3 is 2.30 bits per heavy atom. The van der Waals surface area contributed by atoms with Crippen molar-refractivity contribution in [3.8, 4) is 11.4 Å². The normalized spacial score (nSPS) is 13.2.